The van der Waals surface area contributed by atoms with Gasteiger partial charge in [-0.1, -0.05) is 24.3 Å². The molecular weight excluding hydrogens is 366 g/mol. The van der Waals surface area contributed by atoms with Crippen LogP contribution in [0.3, 0.4) is 0 Å². The second-order valence-corrected chi connectivity index (χ2v) is 8.15. The molecule has 1 N–H and O–H groups in total. The van der Waals surface area contributed by atoms with Crippen LogP contribution in [0.1, 0.15) is 42.6 Å². The molecule has 0 spiro atoms. The fraction of sp³-hybridized carbons (Fsp3) is 0.348. The minimum atomic E-state index is -0.253. The Kier molecular flexibility index (Phi) is 5.20. The smallest absolute Gasteiger partial charge is 0.258 e. The van der Waals surface area contributed by atoms with E-state index in [-0.39, 0.29) is 23.1 Å². The summed E-state index contributed by atoms with van der Waals surface area (Å²) >= 11 is 0. The molecule has 1 fully saturated rings. The fourth-order valence-electron chi connectivity index (χ4n) is 3.95. The number of carbonyl (C=O) groups is 1. The van der Waals surface area contributed by atoms with Crippen molar-refractivity contribution in [3.05, 3.63) is 76.5 Å². The molecule has 2 aromatic heterocycles. The third kappa shape index (κ3) is 4.22. The first kappa shape index (κ1) is 19.3. The molecule has 1 atom stereocenters. The van der Waals surface area contributed by atoms with Gasteiger partial charge in [0.1, 0.15) is 0 Å². The lowest BCUT2D eigenvalue weighted by molar-refractivity contribution is -0.0615. The van der Waals surface area contributed by atoms with Crippen LogP contribution in [0.25, 0.3) is 10.8 Å². The molecule has 1 aliphatic heterocycles. The lowest BCUT2D eigenvalue weighted by Gasteiger charge is -2.35. The van der Waals surface area contributed by atoms with Gasteiger partial charge < -0.3 is 14.6 Å². The summed E-state index contributed by atoms with van der Waals surface area (Å²) in [5.74, 6) is -0.163. The van der Waals surface area contributed by atoms with E-state index in [0.29, 0.717) is 29.5 Å². The minimum Gasteiger partial charge on any atom is -0.375 e. The standard InChI is InChI=1S/C23H25N3O3/c1-23(2)12-17(9-11-29-23)25-21(27)20-15-26(14-16-6-5-10-24-13-16)22(28)19-8-4-3-7-18(19)20/h3-8,10,13,15,17H,9,11-12,14H2,1-2H3,(H,25,27)/t17-/m1/s1. The Hall–Kier alpha value is -2.99. The van der Waals surface area contributed by atoms with Crippen molar-refractivity contribution < 1.29 is 9.53 Å². The van der Waals surface area contributed by atoms with E-state index in [2.05, 4.69) is 10.3 Å². The quantitative estimate of drug-likeness (QED) is 0.742. The van der Waals surface area contributed by atoms with Crippen LogP contribution in [0.5, 0.6) is 0 Å². The van der Waals surface area contributed by atoms with Crippen LogP contribution in [0, 0.1) is 0 Å². The van der Waals surface area contributed by atoms with Gasteiger partial charge in [0.2, 0.25) is 0 Å². The van der Waals surface area contributed by atoms with E-state index in [1.807, 2.05) is 44.2 Å². The molecule has 0 unspecified atom stereocenters. The molecule has 0 bridgehead atoms. The first-order valence-corrected chi connectivity index (χ1v) is 9.89. The van der Waals surface area contributed by atoms with Crippen LogP contribution in [0.2, 0.25) is 0 Å². The van der Waals surface area contributed by atoms with Crippen molar-refractivity contribution >= 4 is 16.7 Å². The average molecular weight is 391 g/mol. The van der Waals surface area contributed by atoms with Crippen molar-refractivity contribution in [2.75, 3.05) is 6.61 Å². The lowest BCUT2D eigenvalue weighted by Crippen LogP contribution is -2.46. The highest BCUT2D eigenvalue weighted by atomic mass is 16.5. The maximum atomic E-state index is 13.2. The number of benzene rings is 1. The zero-order valence-corrected chi connectivity index (χ0v) is 16.7. The fourth-order valence-corrected chi connectivity index (χ4v) is 3.95. The number of amides is 1. The minimum absolute atomic E-state index is 0.0451. The number of aromatic nitrogens is 2. The molecular formula is C23H25N3O3. The third-order valence-electron chi connectivity index (χ3n) is 5.35. The number of hydrogen-bond donors (Lipinski definition) is 1. The van der Waals surface area contributed by atoms with E-state index in [1.165, 1.54) is 0 Å². The number of carbonyl (C=O) groups excluding carboxylic acids is 1. The van der Waals surface area contributed by atoms with Crippen molar-refractivity contribution in [2.24, 2.45) is 0 Å². The largest absolute Gasteiger partial charge is 0.375 e. The van der Waals surface area contributed by atoms with Crippen molar-refractivity contribution in [3.63, 3.8) is 0 Å². The Labute approximate surface area is 169 Å². The number of nitrogens with zero attached hydrogens (tertiary/aromatic N) is 2. The average Bonchev–Trinajstić information content (AvgIpc) is 2.70. The van der Waals surface area contributed by atoms with Gasteiger partial charge in [-0.05, 0) is 44.4 Å². The molecule has 150 valence electrons. The van der Waals surface area contributed by atoms with Crippen molar-refractivity contribution in [3.8, 4) is 0 Å². The second kappa shape index (κ2) is 7.79. The molecule has 3 heterocycles. The molecule has 1 amide bonds. The number of hydrogen-bond acceptors (Lipinski definition) is 4. The summed E-state index contributed by atoms with van der Waals surface area (Å²) in [6.07, 6.45) is 6.62. The molecule has 0 aliphatic carbocycles. The first-order chi connectivity index (χ1) is 13.9. The molecule has 0 saturated carbocycles. The molecule has 4 rings (SSSR count). The normalized spacial score (nSPS) is 18.5. The van der Waals surface area contributed by atoms with E-state index in [9.17, 15) is 9.59 Å². The van der Waals surface area contributed by atoms with Gasteiger partial charge in [0.25, 0.3) is 11.5 Å². The highest BCUT2D eigenvalue weighted by molar-refractivity contribution is 6.06. The number of fused-ring (bicyclic) bond motifs is 1. The van der Waals surface area contributed by atoms with Crippen LogP contribution in [-0.2, 0) is 11.3 Å². The maximum absolute atomic E-state index is 13.2. The molecule has 3 aromatic rings. The Morgan fingerprint density at radius 3 is 2.76 bits per heavy atom. The van der Waals surface area contributed by atoms with Gasteiger partial charge >= 0.3 is 0 Å². The van der Waals surface area contributed by atoms with E-state index in [1.54, 1.807) is 29.2 Å². The molecule has 6 heteroatoms. The van der Waals surface area contributed by atoms with E-state index in [4.69, 9.17) is 4.74 Å². The first-order valence-electron chi connectivity index (χ1n) is 9.89. The van der Waals surface area contributed by atoms with E-state index >= 15 is 0 Å². The predicted octanol–water partition coefficient (Wildman–Crippen LogP) is 3.13. The Bertz CT molecular complexity index is 1090. The lowest BCUT2D eigenvalue weighted by atomic mass is 9.93. The summed E-state index contributed by atoms with van der Waals surface area (Å²) in [6.45, 7) is 5.06. The number of rotatable bonds is 4. The molecule has 0 radical (unpaired) electrons. The van der Waals surface area contributed by atoms with Gasteiger partial charge in [-0.25, -0.2) is 0 Å². The summed E-state index contributed by atoms with van der Waals surface area (Å²) in [4.78, 5) is 30.3. The number of nitrogens with one attached hydrogen (secondary N) is 1. The van der Waals surface area contributed by atoms with Crippen LogP contribution < -0.4 is 10.9 Å². The molecule has 6 nitrogen and oxygen atoms in total. The second-order valence-electron chi connectivity index (χ2n) is 8.15. The SMILES string of the molecule is CC1(C)C[C@H](NC(=O)c2cn(Cc3cccnc3)c(=O)c3ccccc23)CCO1. The number of pyridine rings is 2. The third-order valence-corrected chi connectivity index (χ3v) is 5.35. The van der Waals surface area contributed by atoms with Crippen LogP contribution >= 0.6 is 0 Å². The molecule has 1 aliphatic rings. The van der Waals surface area contributed by atoms with E-state index in [0.717, 1.165) is 18.4 Å². The summed E-state index contributed by atoms with van der Waals surface area (Å²) < 4.78 is 7.34. The predicted molar refractivity (Wildman–Crippen MR) is 112 cm³/mol. The van der Waals surface area contributed by atoms with Crippen molar-refractivity contribution in [1.82, 2.24) is 14.9 Å². The van der Waals surface area contributed by atoms with E-state index < -0.39 is 0 Å². The maximum Gasteiger partial charge on any atom is 0.258 e. The van der Waals surface area contributed by atoms with Gasteiger partial charge in [-0.3, -0.25) is 14.6 Å². The van der Waals surface area contributed by atoms with Gasteiger partial charge in [0.15, 0.2) is 0 Å². The van der Waals surface area contributed by atoms with Gasteiger partial charge in [0.05, 0.1) is 17.7 Å². The van der Waals surface area contributed by atoms with Crippen molar-refractivity contribution in [1.29, 1.82) is 0 Å². The zero-order valence-electron chi connectivity index (χ0n) is 16.7. The summed E-state index contributed by atoms with van der Waals surface area (Å²) in [5, 5.41) is 4.36. The van der Waals surface area contributed by atoms with Gasteiger partial charge in [-0.2, -0.15) is 0 Å². The molecule has 29 heavy (non-hydrogen) atoms. The zero-order chi connectivity index (χ0) is 20.4. The summed E-state index contributed by atoms with van der Waals surface area (Å²) in [7, 11) is 0. The Morgan fingerprint density at radius 2 is 2.03 bits per heavy atom. The summed E-state index contributed by atoms with van der Waals surface area (Å²) in [5.41, 5.74) is 1.04. The van der Waals surface area contributed by atoms with Gasteiger partial charge in [-0.15, -0.1) is 0 Å². The van der Waals surface area contributed by atoms with Crippen LogP contribution in [0.15, 0.2) is 59.8 Å². The van der Waals surface area contributed by atoms with Gasteiger partial charge in [0, 0.05) is 42.0 Å². The highest BCUT2D eigenvalue weighted by Crippen LogP contribution is 2.24. The monoisotopic (exact) mass is 391 g/mol. The summed E-state index contributed by atoms with van der Waals surface area (Å²) in [6, 6.07) is 11.1. The topological polar surface area (TPSA) is 73.2 Å². The van der Waals surface area contributed by atoms with Crippen molar-refractivity contribution in [2.45, 2.75) is 44.9 Å². The van der Waals surface area contributed by atoms with Crippen LogP contribution in [0.4, 0.5) is 0 Å². The Balaban J connectivity index is 1.70. The highest BCUT2D eigenvalue weighted by Gasteiger charge is 2.30. The number of ether oxygens (including phenoxy) is 1. The Morgan fingerprint density at radius 1 is 1.24 bits per heavy atom. The molecule has 1 saturated heterocycles. The van der Waals surface area contributed by atoms with Crippen LogP contribution in [-0.4, -0.2) is 33.7 Å². The molecule has 1 aromatic carbocycles.